The monoisotopic (exact) mass is 372 g/mol. The zero-order valence-corrected chi connectivity index (χ0v) is 15.4. The molecular weight excluding hydrogens is 352 g/mol. The number of hydrogen-bond acceptors (Lipinski definition) is 4. The van der Waals surface area contributed by atoms with Crippen LogP contribution in [0.15, 0.2) is 66.7 Å². The maximum atomic E-state index is 11.7. The number of nitrogens with one attached hydrogen (secondary N) is 2. The highest BCUT2D eigenvalue weighted by atomic mass is 16.5. The molecule has 4 rings (SSSR count). The van der Waals surface area contributed by atoms with E-state index < -0.39 is 0 Å². The lowest BCUT2D eigenvalue weighted by Crippen LogP contribution is -2.29. The van der Waals surface area contributed by atoms with Crippen molar-refractivity contribution in [3.8, 4) is 17.1 Å². The molecule has 4 aromatic rings. The SMILES string of the molecule is Cc1ccc(COc2ccc(-c3nc4ccc(C(=O)NN)cc4[nH]3)cc2)cc1. The average Bonchev–Trinajstić information content (AvgIpc) is 3.16. The largest absolute Gasteiger partial charge is 0.489 e. The number of hydrogen-bond donors (Lipinski definition) is 3. The molecule has 1 aromatic heterocycles. The van der Waals surface area contributed by atoms with Crippen molar-refractivity contribution < 1.29 is 9.53 Å². The highest BCUT2D eigenvalue weighted by Crippen LogP contribution is 2.24. The first-order valence-corrected chi connectivity index (χ1v) is 8.92. The predicted molar refractivity (Wildman–Crippen MR) is 109 cm³/mol. The number of aryl methyl sites for hydroxylation is 1. The lowest BCUT2D eigenvalue weighted by molar-refractivity contribution is 0.0954. The van der Waals surface area contributed by atoms with Gasteiger partial charge < -0.3 is 9.72 Å². The van der Waals surface area contributed by atoms with Crippen molar-refractivity contribution in [1.29, 1.82) is 0 Å². The number of nitrogens with two attached hydrogens (primary N) is 1. The van der Waals surface area contributed by atoms with E-state index in [-0.39, 0.29) is 5.91 Å². The van der Waals surface area contributed by atoms with Crippen LogP contribution in [0.2, 0.25) is 0 Å². The summed E-state index contributed by atoms with van der Waals surface area (Å²) in [5, 5.41) is 0. The molecule has 1 heterocycles. The summed E-state index contributed by atoms with van der Waals surface area (Å²) in [7, 11) is 0. The van der Waals surface area contributed by atoms with Gasteiger partial charge in [0.05, 0.1) is 11.0 Å². The van der Waals surface area contributed by atoms with E-state index in [4.69, 9.17) is 10.6 Å². The number of carbonyl (C=O) groups is 1. The van der Waals surface area contributed by atoms with E-state index in [9.17, 15) is 4.79 Å². The number of fused-ring (bicyclic) bond motifs is 1. The fourth-order valence-electron chi connectivity index (χ4n) is 2.93. The zero-order chi connectivity index (χ0) is 19.5. The molecule has 6 heteroatoms. The fourth-order valence-corrected chi connectivity index (χ4v) is 2.93. The molecule has 0 atom stereocenters. The van der Waals surface area contributed by atoms with Crippen molar-refractivity contribution in [3.63, 3.8) is 0 Å². The third kappa shape index (κ3) is 3.72. The Bertz CT molecular complexity index is 1120. The molecule has 0 unspecified atom stereocenters. The van der Waals surface area contributed by atoms with Gasteiger partial charge in [-0.25, -0.2) is 10.8 Å². The van der Waals surface area contributed by atoms with Crippen LogP contribution in [0, 0.1) is 6.92 Å². The molecule has 3 aromatic carbocycles. The normalized spacial score (nSPS) is 10.8. The first-order chi connectivity index (χ1) is 13.6. The minimum atomic E-state index is -0.340. The predicted octanol–water partition coefficient (Wildman–Crippen LogP) is 3.72. The fraction of sp³-hybridized carbons (Fsp3) is 0.0909. The number of aromatic amines is 1. The number of imidazole rings is 1. The van der Waals surface area contributed by atoms with E-state index in [0.29, 0.717) is 12.2 Å². The van der Waals surface area contributed by atoms with Crippen molar-refractivity contribution >= 4 is 16.9 Å². The molecule has 0 radical (unpaired) electrons. The zero-order valence-electron chi connectivity index (χ0n) is 15.4. The number of H-pyrrole nitrogens is 1. The van der Waals surface area contributed by atoms with Crippen LogP contribution in [-0.4, -0.2) is 15.9 Å². The third-order valence-electron chi connectivity index (χ3n) is 4.53. The van der Waals surface area contributed by atoms with E-state index in [1.807, 2.05) is 24.3 Å². The molecule has 0 saturated heterocycles. The van der Waals surface area contributed by atoms with Crippen LogP contribution in [0.4, 0.5) is 0 Å². The Labute approximate surface area is 162 Å². The van der Waals surface area contributed by atoms with Gasteiger partial charge >= 0.3 is 0 Å². The highest BCUT2D eigenvalue weighted by molar-refractivity contribution is 5.97. The summed E-state index contributed by atoms with van der Waals surface area (Å²) in [5.41, 5.74) is 7.46. The van der Waals surface area contributed by atoms with Gasteiger partial charge in [0.2, 0.25) is 0 Å². The average molecular weight is 372 g/mol. The Kier molecular flexibility index (Phi) is 4.78. The van der Waals surface area contributed by atoms with Crippen LogP contribution in [0.5, 0.6) is 5.75 Å². The topological polar surface area (TPSA) is 93.0 Å². The van der Waals surface area contributed by atoms with Gasteiger partial charge in [0.25, 0.3) is 5.91 Å². The molecule has 0 aliphatic heterocycles. The molecule has 0 fully saturated rings. The smallest absolute Gasteiger partial charge is 0.265 e. The van der Waals surface area contributed by atoms with Crippen molar-refractivity contribution in [2.24, 2.45) is 5.84 Å². The summed E-state index contributed by atoms with van der Waals surface area (Å²) >= 11 is 0. The van der Waals surface area contributed by atoms with Crippen molar-refractivity contribution in [1.82, 2.24) is 15.4 Å². The molecular formula is C22H20N4O2. The van der Waals surface area contributed by atoms with Crippen LogP contribution in [-0.2, 0) is 6.61 Å². The van der Waals surface area contributed by atoms with E-state index in [0.717, 1.165) is 33.7 Å². The molecule has 0 bridgehead atoms. The number of benzene rings is 3. The minimum absolute atomic E-state index is 0.340. The number of hydrazine groups is 1. The van der Waals surface area contributed by atoms with Gasteiger partial charge in [-0.05, 0) is 55.0 Å². The van der Waals surface area contributed by atoms with Crippen LogP contribution >= 0.6 is 0 Å². The Morgan fingerprint density at radius 3 is 2.54 bits per heavy atom. The molecule has 0 spiro atoms. The molecule has 0 aliphatic carbocycles. The maximum Gasteiger partial charge on any atom is 0.265 e. The number of nitrogen functional groups attached to an aromatic ring is 1. The van der Waals surface area contributed by atoms with Gasteiger partial charge in [0.1, 0.15) is 18.2 Å². The number of ether oxygens (including phenoxy) is 1. The Balaban J connectivity index is 1.50. The summed E-state index contributed by atoms with van der Waals surface area (Å²) in [6, 6.07) is 21.2. The van der Waals surface area contributed by atoms with E-state index >= 15 is 0 Å². The lowest BCUT2D eigenvalue weighted by atomic mass is 10.2. The second-order valence-electron chi connectivity index (χ2n) is 6.59. The number of carbonyl (C=O) groups excluding carboxylic acids is 1. The van der Waals surface area contributed by atoms with Gasteiger partial charge in [-0.3, -0.25) is 10.2 Å². The summed E-state index contributed by atoms with van der Waals surface area (Å²) in [4.78, 5) is 19.5. The Hall–Kier alpha value is -3.64. The van der Waals surface area contributed by atoms with Crippen LogP contribution in [0.1, 0.15) is 21.5 Å². The number of aromatic nitrogens is 2. The van der Waals surface area contributed by atoms with Gasteiger partial charge in [-0.2, -0.15) is 0 Å². The van der Waals surface area contributed by atoms with Gasteiger partial charge in [-0.1, -0.05) is 29.8 Å². The number of amides is 1. The van der Waals surface area contributed by atoms with Crippen LogP contribution < -0.4 is 16.0 Å². The van der Waals surface area contributed by atoms with Gasteiger partial charge in [0.15, 0.2) is 0 Å². The summed E-state index contributed by atoms with van der Waals surface area (Å²) in [6.07, 6.45) is 0. The third-order valence-corrected chi connectivity index (χ3v) is 4.53. The molecule has 0 aliphatic rings. The van der Waals surface area contributed by atoms with Crippen molar-refractivity contribution in [2.75, 3.05) is 0 Å². The second-order valence-corrected chi connectivity index (χ2v) is 6.59. The van der Waals surface area contributed by atoms with Gasteiger partial charge in [-0.15, -0.1) is 0 Å². The molecule has 140 valence electrons. The molecule has 4 N–H and O–H groups in total. The summed E-state index contributed by atoms with van der Waals surface area (Å²) in [5.74, 6) is 6.37. The lowest BCUT2D eigenvalue weighted by Gasteiger charge is -2.07. The highest BCUT2D eigenvalue weighted by Gasteiger charge is 2.09. The van der Waals surface area contributed by atoms with Crippen LogP contribution in [0.25, 0.3) is 22.4 Å². The van der Waals surface area contributed by atoms with Crippen LogP contribution in [0.3, 0.4) is 0 Å². The summed E-state index contributed by atoms with van der Waals surface area (Å²) in [6.45, 7) is 2.59. The molecule has 1 amide bonds. The second kappa shape index (κ2) is 7.54. The minimum Gasteiger partial charge on any atom is -0.489 e. The van der Waals surface area contributed by atoms with Crippen molar-refractivity contribution in [3.05, 3.63) is 83.4 Å². The number of rotatable bonds is 5. The number of nitrogens with zero attached hydrogens (tertiary/aromatic N) is 1. The van der Waals surface area contributed by atoms with E-state index in [1.165, 1.54) is 5.56 Å². The first-order valence-electron chi connectivity index (χ1n) is 8.92. The Morgan fingerprint density at radius 1 is 1.07 bits per heavy atom. The van der Waals surface area contributed by atoms with Crippen molar-refractivity contribution in [2.45, 2.75) is 13.5 Å². The standard InChI is InChI=1S/C22H20N4O2/c1-14-2-4-15(5-3-14)13-28-18-9-6-16(7-10-18)21-24-19-11-8-17(22(27)26-23)12-20(19)25-21/h2-12H,13,23H2,1H3,(H,24,25)(H,26,27). The maximum absolute atomic E-state index is 11.7. The first kappa shape index (κ1) is 17.8. The molecule has 28 heavy (non-hydrogen) atoms. The van der Waals surface area contributed by atoms with E-state index in [1.54, 1.807) is 18.2 Å². The van der Waals surface area contributed by atoms with E-state index in [2.05, 4.69) is 46.6 Å². The van der Waals surface area contributed by atoms with Gasteiger partial charge in [0, 0.05) is 11.1 Å². The quantitative estimate of drug-likeness (QED) is 0.283. The molecule has 6 nitrogen and oxygen atoms in total. The molecule has 0 saturated carbocycles. The summed E-state index contributed by atoms with van der Waals surface area (Å²) < 4.78 is 5.85. The Morgan fingerprint density at radius 2 is 1.82 bits per heavy atom.